The maximum Gasteiger partial charge on any atom is 0.0744 e. The Morgan fingerprint density at radius 2 is 2.04 bits per heavy atom. The Morgan fingerprint density at radius 1 is 1.17 bits per heavy atom. The van der Waals surface area contributed by atoms with Crippen LogP contribution in [-0.2, 0) is 12.8 Å². The largest absolute Gasteiger partial charge is 0.398 e. The number of nitrogen functional groups attached to an aromatic ring is 1. The maximum atomic E-state index is 7.76. The molecule has 5 rings (SSSR count). The maximum absolute atomic E-state index is 7.76. The second-order valence-electron chi connectivity index (χ2n) is 6.29. The molecule has 0 atom stereocenters. The van der Waals surface area contributed by atoms with Gasteiger partial charge < -0.3 is 15.5 Å². The van der Waals surface area contributed by atoms with Gasteiger partial charge in [-0.1, -0.05) is 17.6 Å². The highest BCUT2D eigenvalue weighted by molar-refractivity contribution is 7.15. The van der Waals surface area contributed by atoms with Gasteiger partial charge in [0, 0.05) is 28.4 Å². The van der Waals surface area contributed by atoms with Gasteiger partial charge in [-0.15, -0.1) is 0 Å². The third kappa shape index (κ3) is 1.79. The predicted octanol–water partition coefficient (Wildman–Crippen LogP) is 4.51. The summed E-state index contributed by atoms with van der Waals surface area (Å²) in [5, 5.41) is 8.83. The Hall–Kier alpha value is -2.66. The molecule has 4 aromatic rings. The van der Waals surface area contributed by atoms with Gasteiger partial charge in [-0.05, 0) is 54.7 Å². The average molecular weight is 332 g/mol. The van der Waals surface area contributed by atoms with E-state index in [1.54, 1.807) is 11.5 Å². The van der Waals surface area contributed by atoms with E-state index in [1.807, 2.05) is 12.1 Å². The molecule has 24 heavy (non-hydrogen) atoms. The summed E-state index contributed by atoms with van der Waals surface area (Å²) >= 11 is 1.66. The lowest BCUT2D eigenvalue weighted by Crippen LogP contribution is -2.01. The lowest BCUT2D eigenvalue weighted by atomic mass is 9.95. The van der Waals surface area contributed by atoms with E-state index < -0.39 is 0 Å². The number of hydrogen-bond donors (Lipinski definition) is 3. The Bertz CT molecular complexity index is 1120. The molecule has 4 N–H and O–H groups in total. The smallest absolute Gasteiger partial charge is 0.0744 e. The highest BCUT2D eigenvalue weighted by atomic mass is 32.1. The number of aromatic amines is 1. The minimum absolute atomic E-state index is 0.657. The monoisotopic (exact) mass is 332 g/mol. The molecule has 0 amide bonds. The van der Waals surface area contributed by atoms with Crippen LogP contribution in [0.3, 0.4) is 0 Å². The van der Waals surface area contributed by atoms with E-state index in [9.17, 15) is 0 Å². The van der Waals surface area contributed by atoms with Crippen LogP contribution < -0.4 is 5.73 Å². The zero-order valence-electron chi connectivity index (χ0n) is 13.0. The summed E-state index contributed by atoms with van der Waals surface area (Å²) in [5.41, 5.74) is 14.6. The van der Waals surface area contributed by atoms with Crippen molar-refractivity contribution in [3.05, 3.63) is 47.0 Å². The number of aromatic nitrogens is 2. The summed E-state index contributed by atoms with van der Waals surface area (Å²) in [6, 6.07) is 10.3. The fourth-order valence-electron chi connectivity index (χ4n) is 3.80. The van der Waals surface area contributed by atoms with Gasteiger partial charge in [-0.25, -0.2) is 4.98 Å². The van der Waals surface area contributed by atoms with E-state index >= 15 is 0 Å². The van der Waals surface area contributed by atoms with Gasteiger partial charge in [0.2, 0.25) is 0 Å². The molecule has 0 fully saturated rings. The molecular weight excluding hydrogens is 316 g/mol. The average Bonchev–Trinajstić information content (AvgIpc) is 3.05. The molecule has 2 aromatic heterocycles. The first-order valence-electron chi connectivity index (χ1n) is 8.08. The number of rotatable bonds is 2. The highest BCUT2D eigenvalue weighted by Gasteiger charge is 2.23. The molecule has 2 aromatic carbocycles. The van der Waals surface area contributed by atoms with Crippen molar-refractivity contribution in [1.29, 1.82) is 5.41 Å². The standard InChI is InChI=1S/C19H16N4S/c20-9-13-14(21)5-7-16-18(13)11-2-1-3-12(11)19(22-16)10-4-6-15-17(8-10)24-23-15/h4-9,20,23H,1-3,21H2. The normalized spacial score (nSPS) is 13.7. The van der Waals surface area contributed by atoms with Crippen molar-refractivity contribution in [2.24, 2.45) is 0 Å². The number of nitrogens with one attached hydrogen (secondary N) is 2. The number of anilines is 1. The molecular formula is C19H16N4S. The first-order chi connectivity index (χ1) is 11.8. The van der Waals surface area contributed by atoms with Crippen molar-refractivity contribution >= 4 is 44.6 Å². The van der Waals surface area contributed by atoms with E-state index in [0.717, 1.165) is 41.4 Å². The van der Waals surface area contributed by atoms with Gasteiger partial charge in [0.05, 0.1) is 21.4 Å². The van der Waals surface area contributed by atoms with Gasteiger partial charge in [-0.2, -0.15) is 0 Å². The number of pyridine rings is 1. The minimum atomic E-state index is 0.657. The molecule has 1 aliphatic carbocycles. The SMILES string of the molecule is N=Cc1c(N)ccc2nc(-c3ccc4[nH]sc4c3)c3c(c12)CCC3. The van der Waals surface area contributed by atoms with Crippen LogP contribution in [0.15, 0.2) is 30.3 Å². The number of nitrogens with two attached hydrogens (primary N) is 1. The molecule has 5 heteroatoms. The number of fused-ring (bicyclic) bond motifs is 4. The van der Waals surface area contributed by atoms with Crippen molar-refractivity contribution in [3.63, 3.8) is 0 Å². The predicted molar refractivity (Wildman–Crippen MR) is 101 cm³/mol. The summed E-state index contributed by atoms with van der Waals surface area (Å²) < 4.78 is 4.50. The highest BCUT2D eigenvalue weighted by Crippen LogP contribution is 2.39. The third-order valence-corrected chi connectivity index (χ3v) is 5.84. The number of hydrogen-bond acceptors (Lipinski definition) is 4. The van der Waals surface area contributed by atoms with Gasteiger partial charge in [-0.3, -0.25) is 0 Å². The second-order valence-corrected chi connectivity index (χ2v) is 7.14. The van der Waals surface area contributed by atoms with Crippen LogP contribution in [0.4, 0.5) is 5.69 Å². The lowest BCUT2D eigenvalue weighted by Gasteiger charge is -2.15. The summed E-state index contributed by atoms with van der Waals surface area (Å²) in [4.78, 5) is 4.97. The van der Waals surface area contributed by atoms with Crippen molar-refractivity contribution < 1.29 is 0 Å². The molecule has 0 saturated carbocycles. The van der Waals surface area contributed by atoms with Crippen LogP contribution in [0.1, 0.15) is 23.1 Å². The molecule has 118 valence electrons. The van der Waals surface area contributed by atoms with Gasteiger partial charge in [0.15, 0.2) is 0 Å². The Kier molecular flexibility index (Phi) is 2.82. The zero-order valence-corrected chi connectivity index (χ0v) is 13.8. The molecule has 0 radical (unpaired) electrons. The summed E-state index contributed by atoms with van der Waals surface area (Å²) in [6.07, 6.45) is 4.58. The van der Waals surface area contributed by atoms with Crippen LogP contribution in [0.5, 0.6) is 0 Å². The molecule has 4 nitrogen and oxygen atoms in total. The van der Waals surface area contributed by atoms with Crippen molar-refractivity contribution in [2.45, 2.75) is 19.3 Å². The second kappa shape index (κ2) is 4.92. The summed E-state index contributed by atoms with van der Waals surface area (Å²) in [7, 11) is 0. The van der Waals surface area contributed by atoms with Crippen molar-refractivity contribution in [2.75, 3.05) is 5.73 Å². The minimum Gasteiger partial charge on any atom is -0.398 e. The van der Waals surface area contributed by atoms with Crippen molar-refractivity contribution in [1.82, 2.24) is 9.36 Å². The first kappa shape index (κ1) is 13.7. The van der Waals surface area contributed by atoms with Crippen LogP contribution >= 0.6 is 11.5 Å². The van der Waals surface area contributed by atoms with E-state index in [-0.39, 0.29) is 0 Å². The Labute approximate surface area is 143 Å². The first-order valence-corrected chi connectivity index (χ1v) is 8.89. The van der Waals surface area contributed by atoms with Gasteiger partial charge in [0.1, 0.15) is 0 Å². The molecule has 1 aliphatic rings. The van der Waals surface area contributed by atoms with Crippen LogP contribution in [0.25, 0.3) is 32.4 Å². The van der Waals surface area contributed by atoms with E-state index in [1.165, 1.54) is 33.1 Å². The molecule has 0 aliphatic heterocycles. The summed E-state index contributed by atoms with van der Waals surface area (Å²) in [6.45, 7) is 0. The van der Waals surface area contributed by atoms with Crippen molar-refractivity contribution in [3.8, 4) is 11.3 Å². The molecule has 0 spiro atoms. The number of nitrogens with zero attached hydrogens (tertiary/aromatic N) is 1. The van der Waals surface area contributed by atoms with E-state index in [2.05, 4.69) is 22.6 Å². The molecule has 0 unspecified atom stereocenters. The quantitative estimate of drug-likeness (QED) is 0.373. The van der Waals surface area contributed by atoms with Gasteiger partial charge >= 0.3 is 0 Å². The van der Waals surface area contributed by atoms with Crippen LogP contribution in [-0.4, -0.2) is 15.6 Å². The third-order valence-electron chi connectivity index (χ3n) is 4.97. The Balaban J connectivity index is 1.86. The summed E-state index contributed by atoms with van der Waals surface area (Å²) in [5.74, 6) is 0. The van der Waals surface area contributed by atoms with Crippen LogP contribution in [0, 0.1) is 5.41 Å². The molecule has 0 saturated heterocycles. The topological polar surface area (TPSA) is 78.6 Å². The van der Waals surface area contributed by atoms with E-state index in [0.29, 0.717) is 5.69 Å². The Morgan fingerprint density at radius 3 is 2.79 bits per heavy atom. The molecule has 0 bridgehead atoms. The lowest BCUT2D eigenvalue weighted by molar-refractivity contribution is 0.913. The fourth-order valence-corrected chi connectivity index (χ4v) is 4.46. The number of H-pyrrole nitrogens is 1. The molecule has 2 heterocycles. The van der Waals surface area contributed by atoms with Gasteiger partial charge in [0.25, 0.3) is 0 Å². The fraction of sp³-hybridized carbons (Fsp3) is 0.158. The zero-order chi connectivity index (χ0) is 16.3. The number of benzene rings is 2. The number of aryl methyl sites for hydroxylation is 1. The van der Waals surface area contributed by atoms with Crippen LogP contribution in [0.2, 0.25) is 0 Å². The van der Waals surface area contributed by atoms with E-state index in [4.69, 9.17) is 16.1 Å².